The van der Waals surface area contributed by atoms with Crippen molar-refractivity contribution in [2.45, 2.75) is 32.1 Å². The van der Waals surface area contributed by atoms with Crippen LogP contribution in [0.1, 0.15) is 32.1 Å². The molecule has 0 bridgehead atoms. The number of carbonyl (C=O) groups is 2. The van der Waals surface area contributed by atoms with Gasteiger partial charge in [-0.3, -0.25) is 9.59 Å². The fourth-order valence-corrected chi connectivity index (χ4v) is 1.93. The molecule has 0 aliphatic heterocycles. The molecule has 1 saturated carbocycles. The predicted molar refractivity (Wildman–Crippen MR) is 59.7 cm³/mol. The standard InChI is InChI=1S/C11H20N2O3/c14-7-6-12-10(15)8-13-11(16)9-4-2-1-3-5-9/h9,14H,1-8H2,(H,12,15)(H,13,16). The number of carbonyl (C=O) groups excluding carboxylic acids is 2. The fourth-order valence-electron chi connectivity index (χ4n) is 1.93. The molecule has 1 aliphatic rings. The van der Waals surface area contributed by atoms with Crippen LogP contribution in [0.4, 0.5) is 0 Å². The Morgan fingerprint density at radius 1 is 1.12 bits per heavy atom. The van der Waals surface area contributed by atoms with Crippen molar-refractivity contribution in [3.8, 4) is 0 Å². The molecule has 0 atom stereocenters. The Hall–Kier alpha value is -1.10. The van der Waals surface area contributed by atoms with E-state index in [0.29, 0.717) is 0 Å². The number of aliphatic hydroxyl groups is 1. The third-order valence-corrected chi connectivity index (χ3v) is 2.83. The smallest absolute Gasteiger partial charge is 0.239 e. The van der Waals surface area contributed by atoms with Gasteiger partial charge in [-0.15, -0.1) is 0 Å². The molecule has 0 aromatic heterocycles. The zero-order chi connectivity index (χ0) is 11.8. The maximum atomic E-state index is 11.6. The molecule has 5 heteroatoms. The summed E-state index contributed by atoms with van der Waals surface area (Å²) in [5, 5.41) is 13.6. The van der Waals surface area contributed by atoms with E-state index in [0.717, 1.165) is 25.7 Å². The second kappa shape index (κ2) is 7.22. The number of hydrogen-bond donors (Lipinski definition) is 3. The highest BCUT2D eigenvalue weighted by Crippen LogP contribution is 2.23. The van der Waals surface area contributed by atoms with Crippen molar-refractivity contribution < 1.29 is 14.7 Å². The maximum Gasteiger partial charge on any atom is 0.239 e. The van der Waals surface area contributed by atoms with Crippen LogP contribution in [0.5, 0.6) is 0 Å². The van der Waals surface area contributed by atoms with Crippen LogP contribution < -0.4 is 10.6 Å². The van der Waals surface area contributed by atoms with Crippen molar-refractivity contribution >= 4 is 11.8 Å². The first kappa shape index (κ1) is 13.0. The predicted octanol–water partition coefficient (Wildman–Crippen LogP) is -0.209. The van der Waals surface area contributed by atoms with Crippen LogP contribution in [0.15, 0.2) is 0 Å². The molecular formula is C11H20N2O3. The average molecular weight is 228 g/mol. The highest BCUT2D eigenvalue weighted by Gasteiger charge is 2.20. The van der Waals surface area contributed by atoms with Crippen molar-refractivity contribution in [3.63, 3.8) is 0 Å². The summed E-state index contributed by atoms with van der Waals surface area (Å²) in [4.78, 5) is 22.8. The van der Waals surface area contributed by atoms with Gasteiger partial charge in [-0.25, -0.2) is 0 Å². The molecule has 0 unspecified atom stereocenters. The van der Waals surface area contributed by atoms with Crippen LogP contribution in [0, 0.1) is 5.92 Å². The first-order valence-corrected chi connectivity index (χ1v) is 5.89. The molecule has 1 fully saturated rings. The van der Waals surface area contributed by atoms with Crippen LogP contribution in [0.25, 0.3) is 0 Å². The van der Waals surface area contributed by atoms with Gasteiger partial charge >= 0.3 is 0 Å². The van der Waals surface area contributed by atoms with Crippen molar-refractivity contribution in [1.29, 1.82) is 0 Å². The fraction of sp³-hybridized carbons (Fsp3) is 0.818. The zero-order valence-electron chi connectivity index (χ0n) is 9.50. The van der Waals surface area contributed by atoms with Gasteiger partial charge in [-0.05, 0) is 12.8 Å². The minimum absolute atomic E-state index is 0.00926. The third-order valence-electron chi connectivity index (χ3n) is 2.83. The summed E-state index contributed by atoms with van der Waals surface area (Å²) in [5.41, 5.74) is 0. The number of hydrogen-bond acceptors (Lipinski definition) is 3. The van der Waals surface area contributed by atoms with Gasteiger partial charge < -0.3 is 15.7 Å². The van der Waals surface area contributed by atoms with E-state index < -0.39 is 0 Å². The molecule has 0 heterocycles. The summed E-state index contributed by atoms with van der Waals surface area (Å²) in [7, 11) is 0. The van der Waals surface area contributed by atoms with E-state index in [1.807, 2.05) is 0 Å². The minimum atomic E-state index is -0.252. The molecular weight excluding hydrogens is 208 g/mol. The van der Waals surface area contributed by atoms with Crippen molar-refractivity contribution in [2.75, 3.05) is 19.7 Å². The van der Waals surface area contributed by atoms with Gasteiger partial charge in [-0.1, -0.05) is 19.3 Å². The lowest BCUT2D eigenvalue weighted by Gasteiger charge is -2.20. The number of amides is 2. The lowest BCUT2D eigenvalue weighted by atomic mass is 9.89. The molecule has 3 N–H and O–H groups in total. The lowest BCUT2D eigenvalue weighted by Crippen LogP contribution is -2.40. The largest absolute Gasteiger partial charge is 0.395 e. The second-order valence-corrected chi connectivity index (χ2v) is 4.13. The van der Waals surface area contributed by atoms with Crippen LogP contribution in [-0.2, 0) is 9.59 Å². The molecule has 0 spiro atoms. The number of aliphatic hydroxyl groups excluding tert-OH is 1. The van der Waals surface area contributed by atoms with Crippen LogP contribution in [0.3, 0.4) is 0 Å². The Morgan fingerprint density at radius 3 is 2.44 bits per heavy atom. The highest BCUT2D eigenvalue weighted by molar-refractivity contribution is 5.85. The lowest BCUT2D eigenvalue weighted by molar-refractivity contribution is -0.129. The third kappa shape index (κ3) is 4.61. The molecule has 0 radical (unpaired) electrons. The van der Waals surface area contributed by atoms with Gasteiger partial charge in [0.2, 0.25) is 11.8 Å². The molecule has 1 rings (SSSR count). The van der Waals surface area contributed by atoms with Crippen LogP contribution >= 0.6 is 0 Å². The average Bonchev–Trinajstić information content (AvgIpc) is 2.34. The quantitative estimate of drug-likeness (QED) is 0.609. The van der Waals surface area contributed by atoms with E-state index in [4.69, 9.17) is 5.11 Å². The van der Waals surface area contributed by atoms with Crippen molar-refractivity contribution in [1.82, 2.24) is 10.6 Å². The molecule has 2 amide bonds. The van der Waals surface area contributed by atoms with Gasteiger partial charge in [0.25, 0.3) is 0 Å². The van der Waals surface area contributed by atoms with Gasteiger partial charge in [0.05, 0.1) is 13.2 Å². The van der Waals surface area contributed by atoms with E-state index in [1.54, 1.807) is 0 Å². The van der Waals surface area contributed by atoms with E-state index in [1.165, 1.54) is 6.42 Å². The van der Waals surface area contributed by atoms with Crippen molar-refractivity contribution in [3.05, 3.63) is 0 Å². The summed E-state index contributed by atoms with van der Waals surface area (Å²) >= 11 is 0. The Bertz CT molecular complexity index is 237. The number of nitrogens with one attached hydrogen (secondary N) is 2. The molecule has 0 aromatic carbocycles. The van der Waals surface area contributed by atoms with E-state index in [9.17, 15) is 9.59 Å². The van der Waals surface area contributed by atoms with Crippen LogP contribution in [-0.4, -0.2) is 36.6 Å². The SMILES string of the molecule is O=C(CNC(=O)C1CCCCC1)NCCO. The summed E-state index contributed by atoms with van der Waals surface area (Å²) in [6.07, 6.45) is 5.29. The summed E-state index contributed by atoms with van der Waals surface area (Å²) < 4.78 is 0. The Labute approximate surface area is 95.6 Å². The van der Waals surface area contributed by atoms with Gasteiger partial charge in [-0.2, -0.15) is 0 Å². The minimum Gasteiger partial charge on any atom is -0.395 e. The second-order valence-electron chi connectivity index (χ2n) is 4.13. The highest BCUT2D eigenvalue weighted by atomic mass is 16.3. The number of rotatable bonds is 5. The summed E-state index contributed by atoms with van der Waals surface area (Å²) in [6.45, 7) is 0.162. The molecule has 0 aromatic rings. The molecule has 16 heavy (non-hydrogen) atoms. The Morgan fingerprint density at radius 2 is 1.81 bits per heavy atom. The Kier molecular flexibility index (Phi) is 5.85. The normalized spacial score (nSPS) is 16.8. The zero-order valence-corrected chi connectivity index (χ0v) is 9.50. The molecule has 92 valence electrons. The first-order valence-electron chi connectivity index (χ1n) is 5.89. The van der Waals surface area contributed by atoms with Gasteiger partial charge in [0.15, 0.2) is 0 Å². The van der Waals surface area contributed by atoms with Gasteiger partial charge in [0.1, 0.15) is 0 Å². The van der Waals surface area contributed by atoms with E-state index in [2.05, 4.69) is 10.6 Å². The monoisotopic (exact) mass is 228 g/mol. The summed E-state index contributed by atoms with van der Waals surface area (Å²) in [5.74, 6) is -0.184. The van der Waals surface area contributed by atoms with E-state index >= 15 is 0 Å². The maximum absolute atomic E-state index is 11.6. The Balaban J connectivity index is 2.15. The van der Waals surface area contributed by atoms with Crippen LogP contribution in [0.2, 0.25) is 0 Å². The topological polar surface area (TPSA) is 78.4 Å². The molecule has 0 saturated heterocycles. The molecule has 5 nitrogen and oxygen atoms in total. The van der Waals surface area contributed by atoms with E-state index in [-0.39, 0.29) is 37.4 Å². The molecule has 1 aliphatic carbocycles. The van der Waals surface area contributed by atoms with Crippen molar-refractivity contribution in [2.24, 2.45) is 5.92 Å². The summed E-state index contributed by atoms with van der Waals surface area (Å²) in [6, 6.07) is 0. The van der Waals surface area contributed by atoms with Gasteiger partial charge in [0, 0.05) is 12.5 Å². The first-order chi connectivity index (χ1) is 7.74.